The maximum atomic E-state index is 11.8. The number of tetrazole rings is 1. The standard InChI is InChI=1S/C10H10N6OS/c1-16-14-10(13-15-16)12-9(17)8-5-4-7(18-8)3-2-6-11/h4-5H,6,11H2,1H3,(H,12,14,17). The van der Waals surface area contributed by atoms with Gasteiger partial charge in [0.2, 0.25) is 0 Å². The molecular weight excluding hydrogens is 252 g/mol. The minimum absolute atomic E-state index is 0.172. The summed E-state index contributed by atoms with van der Waals surface area (Å²) >= 11 is 1.28. The molecule has 0 fully saturated rings. The Morgan fingerprint density at radius 3 is 3.11 bits per heavy atom. The summed E-state index contributed by atoms with van der Waals surface area (Å²) in [7, 11) is 1.62. The van der Waals surface area contributed by atoms with E-state index in [2.05, 4.69) is 32.6 Å². The highest BCUT2D eigenvalue weighted by Gasteiger charge is 2.11. The molecule has 0 atom stereocenters. The highest BCUT2D eigenvalue weighted by Crippen LogP contribution is 2.16. The zero-order valence-corrected chi connectivity index (χ0v) is 10.4. The maximum Gasteiger partial charge on any atom is 0.270 e. The van der Waals surface area contributed by atoms with Crippen LogP contribution in [0.2, 0.25) is 0 Å². The van der Waals surface area contributed by atoms with Gasteiger partial charge >= 0.3 is 0 Å². The lowest BCUT2D eigenvalue weighted by molar-refractivity contribution is 0.102. The number of hydrogen-bond donors (Lipinski definition) is 2. The van der Waals surface area contributed by atoms with E-state index in [0.717, 1.165) is 4.88 Å². The summed E-state index contributed by atoms with van der Waals surface area (Å²) in [6.45, 7) is 0.295. The van der Waals surface area contributed by atoms with E-state index in [0.29, 0.717) is 11.4 Å². The van der Waals surface area contributed by atoms with Gasteiger partial charge in [-0.1, -0.05) is 16.9 Å². The lowest BCUT2D eigenvalue weighted by Crippen LogP contribution is -2.11. The van der Waals surface area contributed by atoms with Crippen LogP contribution < -0.4 is 11.1 Å². The van der Waals surface area contributed by atoms with Crippen molar-refractivity contribution in [3.05, 3.63) is 21.9 Å². The number of hydrogen-bond acceptors (Lipinski definition) is 6. The molecular formula is C10H10N6OS. The van der Waals surface area contributed by atoms with Crippen LogP contribution in [0.5, 0.6) is 0 Å². The molecule has 7 nitrogen and oxygen atoms in total. The predicted molar refractivity (Wildman–Crippen MR) is 67.0 cm³/mol. The predicted octanol–water partition coefficient (Wildman–Crippen LogP) is -0.166. The summed E-state index contributed by atoms with van der Waals surface area (Å²) in [5.41, 5.74) is 5.27. The number of rotatable bonds is 2. The van der Waals surface area contributed by atoms with Gasteiger partial charge < -0.3 is 5.73 Å². The Hall–Kier alpha value is -2.24. The topological polar surface area (TPSA) is 98.7 Å². The third-order valence-electron chi connectivity index (χ3n) is 1.88. The molecule has 0 saturated carbocycles. The van der Waals surface area contributed by atoms with Crippen molar-refractivity contribution in [2.24, 2.45) is 12.8 Å². The summed E-state index contributed by atoms with van der Waals surface area (Å²) in [4.78, 5) is 14.4. The van der Waals surface area contributed by atoms with Crippen LogP contribution in [0.15, 0.2) is 12.1 Å². The Morgan fingerprint density at radius 2 is 2.44 bits per heavy atom. The Labute approximate surface area is 107 Å². The van der Waals surface area contributed by atoms with E-state index in [1.807, 2.05) is 0 Å². The third kappa shape index (κ3) is 2.91. The Balaban J connectivity index is 2.07. The van der Waals surface area contributed by atoms with Crippen LogP contribution >= 0.6 is 11.3 Å². The molecule has 1 amide bonds. The van der Waals surface area contributed by atoms with Crippen molar-refractivity contribution in [2.45, 2.75) is 0 Å². The fourth-order valence-corrected chi connectivity index (χ4v) is 1.94. The molecule has 0 saturated heterocycles. The van der Waals surface area contributed by atoms with Crippen LogP contribution in [-0.2, 0) is 7.05 Å². The molecule has 0 aliphatic carbocycles. The SMILES string of the molecule is Cn1nnc(NC(=O)c2ccc(C#CCN)s2)n1. The van der Waals surface area contributed by atoms with Crippen molar-refractivity contribution in [1.82, 2.24) is 20.2 Å². The number of nitrogens with zero attached hydrogens (tertiary/aromatic N) is 4. The lowest BCUT2D eigenvalue weighted by atomic mass is 10.4. The van der Waals surface area contributed by atoms with Gasteiger partial charge in [-0.05, 0) is 17.3 Å². The molecule has 18 heavy (non-hydrogen) atoms. The largest absolute Gasteiger partial charge is 0.320 e. The number of carbonyl (C=O) groups excluding carboxylic acids is 1. The smallest absolute Gasteiger partial charge is 0.270 e. The summed E-state index contributed by atoms with van der Waals surface area (Å²) in [5, 5.41) is 13.7. The van der Waals surface area contributed by atoms with Crippen LogP contribution in [-0.4, -0.2) is 32.7 Å². The van der Waals surface area contributed by atoms with Crippen LogP contribution in [0.3, 0.4) is 0 Å². The molecule has 0 bridgehead atoms. The van der Waals surface area contributed by atoms with Crippen LogP contribution in [0, 0.1) is 11.8 Å². The van der Waals surface area contributed by atoms with E-state index in [4.69, 9.17) is 5.73 Å². The van der Waals surface area contributed by atoms with Gasteiger partial charge in [0.05, 0.1) is 23.3 Å². The zero-order chi connectivity index (χ0) is 13.0. The van der Waals surface area contributed by atoms with Crippen molar-refractivity contribution < 1.29 is 4.79 Å². The van der Waals surface area contributed by atoms with Gasteiger partial charge in [0.1, 0.15) is 0 Å². The van der Waals surface area contributed by atoms with E-state index < -0.39 is 0 Å². The minimum atomic E-state index is -0.284. The number of carbonyl (C=O) groups is 1. The monoisotopic (exact) mass is 262 g/mol. The van der Waals surface area contributed by atoms with Crippen LogP contribution in [0.4, 0.5) is 5.95 Å². The van der Waals surface area contributed by atoms with Crippen LogP contribution in [0.1, 0.15) is 14.5 Å². The number of thiophene rings is 1. The van der Waals surface area contributed by atoms with Gasteiger partial charge in [0, 0.05) is 0 Å². The molecule has 0 aliphatic rings. The zero-order valence-electron chi connectivity index (χ0n) is 9.54. The first-order chi connectivity index (χ1) is 8.69. The second-order valence-electron chi connectivity index (χ2n) is 3.23. The number of nitrogens with two attached hydrogens (primary N) is 1. The normalized spacial score (nSPS) is 9.67. The van der Waals surface area contributed by atoms with Crippen molar-refractivity contribution in [2.75, 3.05) is 11.9 Å². The van der Waals surface area contributed by atoms with E-state index in [1.165, 1.54) is 16.1 Å². The number of anilines is 1. The van der Waals surface area contributed by atoms with E-state index in [-0.39, 0.29) is 11.9 Å². The highest BCUT2D eigenvalue weighted by atomic mass is 32.1. The first kappa shape index (κ1) is 12.2. The number of aryl methyl sites for hydroxylation is 1. The summed E-state index contributed by atoms with van der Waals surface area (Å²) in [6, 6.07) is 3.46. The average molecular weight is 262 g/mol. The summed E-state index contributed by atoms with van der Waals surface area (Å²) in [5.74, 6) is 5.48. The molecule has 3 N–H and O–H groups in total. The van der Waals surface area contributed by atoms with Gasteiger partial charge in [0.25, 0.3) is 11.9 Å². The molecule has 0 aliphatic heterocycles. The van der Waals surface area contributed by atoms with Crippen molar-refractivity contribution in [1.29, 1.82) is 0 Å². The quantitative estimate of drug-likeness (QED) is 0.732. The number of nitrogens with one attached hydrogen (secondary N) is 1. The Morgan fingerprint density at radius 1 is 1.61 bits per heavy atom. The highest BCUT2D eigenvalue weighted by molar-refractivity contribution is 7.14. The van der Waals surface area contributed by atoms with Gasteiger partial charge in [-0.25, -0.2) is 0 Å². The Kier molecular flexibility index (Phi) is 3.66. The molecule has 2 heterocycles. The summed E-state index contributed by atoms with van der Waals surface area (Å²) < 4.78 is 0. The first-order valence-corrected chi connectivity index (χ1v) is 5.85. The van der Waals surface area contributed by atoms with Crippen molar-refractivity contribution in [3.63, 3.8) is 0 Å². The fourth-order valence-electron chi connectivity index (χ4n) is 1.16. The van der Waals surface area contributed by atoms with Gasteiger partial charge in [-0.2, -0.15) is 4.80 Å². The minimum Gasteiger partial charge on any atom is -0.320 e. The molecule has 92 valence electrons. The lowest BCUT2D eigenvalue weighted by Gasteiger charge is -1.95. The molecule has 2 aromatic heterocycles. The second kappa shape index (κ2) is 5.39. The van der Waals surface area contributed by atoms with Gasteiger partial charge in [0.15, 0.2) is 0 Å². The van der Waals surface area contributed by atoms with Gasteiger partial charge in [-0.15, -0.1) is 16.4 Å². The Bertz CT molecular complexity index is 620. The van der Waals surface area contributed by atoms with Crippen molar-refractivity contribution >= 4 is 23.2 Å². The molecule has 0 unspecified atom stereocenters. The average Bonchev–Trinajstić information content (AvgIpc) is 2.96. The van der Waals surface area contributed by atoms with Crippen molar-refractivity contribution in [3.8, 4) is 11.8 Å². The molecule has 0 spiro atoms. The maximum absolute atomic E-state index is 11.8. The molecule has 2 aromatic rings. The van der Waals surface area contributed by atoms with E-state index >= 15 is 0 Å². The first-order valence-electron chi connectivity index (χ1n) is 5.03. The molecule has 0 radical (unpaired) electrons. The molecule has 0 aromatic carbocycles. The number of amides is 1. The fraction of sp³-hybridized carbons (Fsp3) is 0.200. The molecule has 8 heteroatoms. The number of aromatic nitrogens is 4. The molecule has 2 rings (SSSR count). The second-order valence-corrected chi connectivity index (χ2v) is 4.31. The van der Waals surface area contributed by atoms with E-state index in [1.54, 1.807) is 19.2 Å². The van der Waals surface area contributed by atoms with Crippen LogP contribution in [0.25, 0.3) is 0 Å². The third-order valence-corrected chi connectivity index (χ3v) is 2.88. The summed E-state index contributed by atoms with van der Waals surface area (Å²) in [6.07, 6.45) is 0. The van der Waals surface area contributed by atoms with Gasteiger partial charge in [-0.3, -0.25) is 10.1 Å². The van der Waals surface area contributed by atoms with E-state index in [9.17, 15) is 4.79 Å².